The standard InChI is InChI=1S/C29H46O5/c1-6-29(33,7-2)16-14-27(32)34-20(4)24-12-13-25-21(9-8-15-28(24,25)5)10-11-22-17-23(30)18-26(31)19(22)3/h10-11,20,23-26,30-31,33H,3,6-9,12-18H2,1-2,4-5H3/b21-10+,22-11-/t20-,23+,24+,25-,26-,28+/m0/s1. The average molecular weight is 475 g/mol. The predicted molar refractivity (Wildman–Crippen MR) is 135 cm³/mol. The molecule has 3 saturated carbocycles. The molecule has 0 radical (unpaired) electrons. The number of esters is 1. The van der Waals surface area contributed by atoms with Crippen molar-refractivity contribution in [1.29, 1.82) is 0 Å². The Morgan fingerprint density at radius 2 is 1.97 bits per heavy atom. The maximum absolute atomic E-state index is 12.6. The van der Waals surface area contributed by atoms with E-state index in [1.54, 1.807) is 0 Å². The van der Waals surface area contributed by atoms with Gasteiger partial charge in [-0.3, -0.25) is 4.79 Å². The minimum absolute atomic E-state index is 0.0957. The first-order valence-corrected chi connectivity index (χ1v) is 13.4. The van der Waals surface area contributed by atoms with Crippen LogP contribution in [0.25, 0.3) is 0 Å². The lowest BCUT2D eigenvalue weighted by molar-refractivity contribution is -0.154. The van der Waals surface area contributed by atoms with Gasteiger partial charge in [-0.15, -0.1) is 0 Å². The molecule has 0 saturated heterocycles. The van der Waals surface area contributed by atoms with Crippen LogP contribution in [0.5, 0.6) is 0 Å². The third kappa shape index (κ3) is 5.85. The van der Waals surface area contributed by atoms with Crippen molar-refractivity contribution in [3.8, 4) is 0 Å². The number of carbonyl (C=O) groups excluding carboxylic acids is 1. The molecule has 0 bridgehead atoms. The maximum Gasteiger partial charge on any atom is 0.306 e. The van der Waals surface area contributed by atoms with Crippen LogP contribution in [0.15, 0.2) is 35.5 Å². The van der Waals surface area contributed by atoms with E-state index in [0.717, 1.165) is 43.3 Å². The van der Waals surface area contributed by atoms with E-state index in [9.17, 15) is 20.1 Å². The molecule has 3 N–H and O–H groups in total. The molecular weight excluding hydrogens is 428 g/mol. The largest absolute Gasteiger partial charge is 0.462 e. The summed E-state index contributed by atoms with van der Waals surface area (Å²) in [7, 11) is 0. The van der Waals surface area contributed by atoms with E-state index in [-0.39, 0.29) is 23.9 Å². The first-order chi connectivity index (χ1) is 16.0. The zero-order valence-corrected chi connectivity index (χ0v) is 21.7. The average Bonchev–Trinajstić information content (AvgIpc) is 3.16. The molecule has 6 atom stereocenters. The van der Waals surface area contributed by atoms with Gasteiger partial charge in [0, 0.05) is 18.8 Å². The van der Waals surface area contributed by atoms with Gasteiger partial charge in [-0.1, -0.05) is 45.1 Å². The Hall–Kier alpha value is -1.43. The molecule has 0 aromatic rings. The van der Waals surface area contributed by atoms with Crippen molar-refractivity contribution in [3.63, 3.8) is 0 Å². The third-order valence-corrected chi connectivity index (χ3v) is 9.30. The van der Waals surface area contributed by atoms with Gasteiger partial charge in [-0.2, -0.15) is 0 Å². The summed E-state index contributed by atoms with van der Waals surface area (Å²) >= 11 is 0. The summed E-state index contributed by atoms with van der Waals surface area (Å²) in [5, 5.41) is 30.7. The van der Waals surface area contributed by atoms with Crippen molar-refractivity contribution in [2.24, 2.45) is 17.3 Å². The van der Waals surface area contributed by atoms with Gasteiger partial charge in [0.15, 0.2) is 0 Å². The summed E-state index contributed by atoms with van der Waals surface area (Å²) in [6, 6.07) is 0. The number of aliphatic hydroxyl groups is 3. The lowest BCUT2D eigenvalue weighted by Gasteiger charge is -2.44. The normalized spacial score (nSPS) is 35.4. The molecule has 0 unspecified atom stereocenters. The number of hydrogen-bond donors (Lipinski definition) is 3. The highest BCUT2D eigenvalue weighted by atomic mass is 16.5. The molecule has 3 aliphatic rings. The van der Waals surface area contributed by atoms with E-state index < -0.39 is 17.8 Å². The molecule has 0 heterocycles. The van der Waals surface area contributed by atoms with Gasteiger partial charge in [0.1, 0.15) is 6.10 Å². The fourth-order valence-corrected chi connectivity index (χ4v) is 6.80. The van der Waals surface area contributed by atoms with E-state index in [0.29, 0.717) is 43.9 Å². The van der Waals surface area contributed by atoms with Gasteiger partial charge < -0.3 is 20.1 Å². The number of rotatable bonds is 8. The molecule has 34 heavy (non-hydrogen) atoms. The zero-order valence-electron chi connectivity index (χ0n) is 21.7. The van der Waals surface area contributed by atoms with Crippen molar-refractivity contribution in [2.45, 2.75) is 122 Å². The smallest absolute Gasteiger partial charge is 0.306 e. The molecule has 5 heteroatoms. The number of allylic oxidation sites excluding steroid dienone is 3. The van der Waals surface area contributed by atoms with Crippen LogP contribution in [0, 0.1) is 17.3 Å². The third-order valence-electron chi connectivity index (χ3n) is 9.30. The van der Waals surface area contributed by atoms with Crippen molar-refractivity contribution in [1.82, 2.24) is 0 Å². The van der Waals surface area contributed by atoms with Crippen LogP contribution >= 0.6 is 0 Å². The summed E-state index contributed by atoms with van der Waals surface area (Å²) in [6.07, 6.45) is 11.3. The Kier molecular flexibility index (Phi) is 8.86. The van der Waals surface area contributed by atoms with Crippen LogP contribution in [0.4, 0.5) is 0 Å². The first-order valence-electron chi connectivity index (χ1n) is 13.4. The highest BCUT2D eigenvalue weighted by Crippen LogP contribution is 2.58. The van der Waals surface area contributed by atoms with Crippen molar-refractivity contribution >= 4 is 5.97 Å². The van der Waals surface area contributed by atoms with E-state index in [1.807, 2.05) is 20.8 Å². The van der Waals surface area contributed by atoms with Gasteiger partial charge >= 0.3 is 5.97 Å². The highest BCUT2D eigenvalue weighted by molar-refractivity contribution is 5.69. The van der Waals surface area contributed by atoms with Crippen LogP contribution in [-0.2, 0) is 9.53 Å². The molecule has 3 aliphatic carbocycles. The SMILES string of the molecule is C=C1/C(=C\C=C2/CCC[C@]3(C)[C@@H]([C@H](C)OC(=O)CCC(O)(CC)CC)CC[C@@H]23)C[C@@H](O)C[C@@H]1O. The molecule has 0 aromatic heterocycles. The van der Waals surface area contributed by atoms with Gasteiger partial charge in [0.2, 0.25) is 0 Å². The van der Waals surface area contributed by atoms with Crippen molar-refractivity contribution in [2.75, 3.05) is 0 Å². The van der Waals surface area contributed by atoms with Crippen molar-refractivity contribution in [3.05, 3.63) is 35.5 Å². The predicted octanol–water partition coefficient (Wildman–Crippen LogP) is 5.39. The lowest BCUT2D eigenvalue weighted by Crippen LogP contribution is -2.39. The molecule has 0 aliphatic heterocycles. The van der Waals surface area contributed by atoms with Gasteiger partial charge in [0.05, 0.1) is 17.8 Å². The summed E-state index contributed by atoms with van der Waals surface area (Å²) in [6.45, 7) is 12.3. The van der Waals surface area contributed by atoms with E-state index in [4.69, 9.17) is 4.74 Å². The summed E-state index contributed by atoms with van der Waals surface area (Å²) < 4.78 is 5.91. The molecule has 0 spiro atoms. The van der Waals surface area contributed by atoms with E-state index in [2.05, 4.69) is 25.7 Å². The Bertz CT molecular complexity index is 807. The van der Waals surface area contributed by atoms with Gasteiger partial charge in [0.25, 0.3) is 0 Å². The number of hydrogen-bond acceptors (Lipinski definition) is 5. The molecular formula is C29H46O5. The number of ether oxygens (including phenoxy) is 1. The summed E-state index contributed by atoms with van der Waals surface area (Å²) in [5.41, 5.74) is 2.42. The Morgan fingerprint density at radius 1 is 1.26 bits per heavy atom. The molecule has 3 fully saturated rings. The zero-order chi connectivity index (χ0) is 25.1. The van der Waals surface area contributed by atoms with Crippen LogP contribution in [0.2, 0.25) is 0 Å². The molecule has 192 valence electrons. The summed E-state index contributed by atoms with van der Waals surface area (Å²) in [5.74, 6) is 0.577. The van der Waals surface area contributed by atoms with Crippen molar-refractivity contribution < 1.29 is 24.9 Å². The first kappa shape index (κ1) is 27.2. The minimum atomic E-state index is -0.778. The second kappa shape index (κ2) is 11.1. The fourth-order valence-electron chi connectivity index (χ4n) is 6.80. The van der Waals surface area contributed by atoms with E-state index >= 15 is 0 Å². The van der Waals surface area contributed by atoms with Gasteiger partial charge in [-0.05, 0) is 87.2 Å². The molecule has 3 rings (SSSR count). The summed E-state index contributed by atoms with van der Waals surface area (Å²) in [4.78, 5) is 12.6. The number of carbonyl (C=O) groups is 1. The van der Waals surface area contributed by atoms with Crippen LogP contribution in [0.1, 0.15) is 98.3 Å². The number of aliphatic hydroxyl groups excluding tert-OH is 2. The van der Waals surface area contributed by atoms with Crippen LogP contribution in [0.3, 0.4) is 0 Å². The maximum atomic E-state index is 12.6. The Morgan fingerprint density at radius 3 is 2.65 bits per heavy atom. The second-order valence-electron chi connectivity index (χ2n) is 11.3. The monoisotopic (exact) mass is 474 g/mol. The topological polar surface area (TPSA) is 87.0 Å². The van der Waals surface area contributed by atoms with Gasteiger partial charge in [-0.25, -0.2) is 0 Å². The van der Waals surface area contributed by atoms with Crippen LogP contribution in [-0.4, -0.2) is 45.2 Å². The minimum Gasteiger partial charge on any atom is -0.462 e. The van der Waals surface area contributed by atoms with Crippen LogP contribution < -0.4 is 0 Å². The number of fused-ring (bicyclic) bond motifs is 1. The molecule has 5 nitrogen and oxygen atoms in total. The Balaban J connectivity index is 1.66. The highest BCUT2D eigenvalue weighted by Gasteiger charge is 2.51. The fraction of sp³-hybridized carbons (Fsp3) is 0.759. The second-order valence-corrected chi connectivity index (χ2v) is 11.3. The lowest BCUT2D eigenvalue weighted by atomic mass is 9.62. The molecule has 0 amide bonds. The quantitative estimate of drug-likeness (QED) is 0.411. The Labute approximate surface area is 206 Å². The molecule has 0 aromatic carbocycles. The van der Waals surface area contributed by atoms with E-state index in [1.165, 1.54) is 5.57 Å².